The molecule has 1 aromatic heterocycles. The van der Waals surface area contributed by atoms with Crippen LogP contribution in [0.1, 0.15) is 15.9 Å². The first kappa shape index (κ1) is 18.6. The first-order chi connectivity index (χ1) is 13.4. The summed E-state index contributed by atoms with van der Waals surface area (Å²) in [7, 11) is -2.89. The van der Waals surface area contributed by atoms with Crippen molar-refractivity contribution in [3.63, 3.8) is 0 Å². The number of aromatic carboxylic acids is 1. The van der Waals surface area contributed by atoms with Crippen LogP contribution in [-0.2, 0) is 16.4 Å². The van der Waals surface area contributed by atoms with Crippen molar-refractivity contribution >= 4 is 26.7 Å². The smallest absolute Gasteiger partial charge is 0.337 e. The molecule has 0 amide bonds. The van der Waals surface area contributed by atoms with Gasteiger partial charge in [0.05, 0.1) is 22.6 Å². The Hall–Kier alpha value is -2.77. The van der Waals surface area contributed by atoms with E-state index >= 15 is 0 Å². The van der Waals surface area contributed by atoms with Crippen molar-refractivity contribution in [2.24, 2.45) is 0 Å². The normalized spacial score (nSPS) is 16.9. The fourth-order valence-electron chi connectivity index (χ4n) is 3.60. The van der Waals surface area contributed by atoms with E-state index in [0.717, 1.165) is 22.1 Å². The SMILES string of the molecule is O=C(O)c1ccc(-c2cccc(CN3CCS(=O)(=O)CC3)c2)c2cccnc12. The maximum Gasteiger partial charge on any atom is 0.337 e. The predicted molar refractivity (Wildman–Crippen MR) is 108 cm³/mol. The van der Waals surface area contributed by atoms with E-state index < -0.39 is 15.8 Å². The second-order valence-corrected chi connectivity index (χ2v) is 9.30. The molecule has 1 aliphatic rings. The summed E-state index contributed by atoms with van der Waals surface area (Å²) in [5.74, 6) is -0.580. The summed E-state index contributed by atoms with van der Waals surface area (Å²) in [6.45, 7) is 1.78. The van der Waals surface area contributed by atoms with Gasteiger partial charge >= 0.3 is 5.97 Å². The Morgan fingerprint density at radius 3 is 2.61 bits per heavy atom. The molecular weight excluding hydrogens is 376 g/mol. The number of rotatable bonds is 4. The lowest BCUT2D eigenvalue weighted by Crippen LogP contribution is -2.39. The van der Waals surface area contributed by atoms with Gasteiger partial charge in [-0.2, -0.15) is 0 Å². The molecule has 3 aromatic rings. The molecule has 6 nitrogen and oxygen atoms in total. The Labute approximate surface area is 163 Å². The molecule has 0 atom stereocenters. The number of aromatic nitrogens is 1. The number of pyridine rings is 1. The van der Waals surface area contributed by atoms with Gasteiger partial charge in [0.2, 0.25) is 0 Å². The molecule has 0 radical (unpaired) electrons. The summed E-state index contributed by atoms with van der Waals surface area (Å²) in [6, 6.07) is 15.2. The second-order valence-electron chi connectivity index (χ2n) is 6.99. The fraction of sp³-hybridized carbons (Fsp3) is 0.238. The van der Waals surface area contributed by atoms with E-state index in [1.54, 1.807) is 18.3 Å². The van der Waals surface area contributed by atoms with Gasteiger partial charge in [0.25, 0.3) is 0 Å². The molecule has 0 aliphatic carbocycles. The Balaban J connectivity index is 1.67. The molecule has 1 aliphatic heterocycles. The lowest BCUT2D eigenvalue weighted by atomic mass is 9.96. The number of fused-ring (bicyclic) bond motifs is 1. The van der Waals surface area contributed by atoms with Crippen molar-refractivity contribution in [2.75, 3.05) is 24.6 Å². The average molecular weight is 396 g/mol. The topological polar surface area (TPSA) is 87.6 Å². The zero-order chi connectivity index (χ0) is 19.7. The highest BCUT2D eigenvalue weighted by molar-refractivity contribution is 7.91. The average Bonchev–Trinajstić information content (AvgIpc) is 2.69. The van der Waals surface area contributed by atoms with E-state index in [9.17, 15) is 18.3 Å². The number of hydrogen-bond acceptors (Lipinski definition) is 5. The van der Waals surface area contributed by atoms with Gasteiger partial charge in [0.15, 0.2) is 9.84 Å². The highest BCUT2D eigenvalue weighted by Gasteiger charge is 2.21. The third kappa shape index (κ3) is 3.76. The molecule has 0 unspecified atom stereocenters. The fourth-order valence-corrected chi connectivity index (χ4v) is 4.88. The van der Waals surface area contributed by atoms with E-state index in [1.807, 2.05) is 30.3 Å². The van der Waals surface area contributed by atoms with E-state index in [-0.39, 0.29) is 17.1 Å². The predicted octanol–water partition coefficient (Wildman–Crippen LogP) is 2.83. The van der Waals surface area contributed by atoms with E-state index in [0.29, 0.717) is 25.2 Å². The highest BCUT2D eigenvalue weighted by Crippen LogP contribution is 2.30. The summed E-state index contributed by atoms with van der Waals surface area (Å²) >= 11 is 0. The minimum absolute atomic E-state index is 0.185. The van der Waals surface area contributed by atoms with Gasteiger partial charge in [0, 0.05) is 31.2 Å². The van der Waals surface area contributed by atoms with Crippen LogP contribution in [0.3, 0.4) is 0 Å². The lowest BCUT2D eigenvalue weighted by molar-refractivity contribution is 0.0699. The zero-order valence-electron chi connectivity index (χ0n) is 15.2. The number of benzene rings is 2. The van der Waals surface area contributed by atoms with Crippen molar-refractivity contribution in [3.05, 3.63) is 65.9 Å². The molecule has 2 aromatic carbocycles. The summed E-state index contributed by atoms with van der Waals surface area (Å²) in [5.41, 5.74) is 3.66. The number of carboxylic acid groups (broad SMARTS) is 1. The van der Waals surface area contributed by atoms with Crippen LogP contribution in [0.25, 0.3) is 22.0 Å². The summed E-state index contributed by atoms with van der Waals surface area (Å²) in [4.78, 5) is 17.9. The molecule has 28 heavy (non-hydrogen) atoms. The molecule has 0 saturated carbocycles. The van der Waals surface area contributed by atoms with Crippen molar-refractivity contribution < 1.29 is 18.3 Å². The quantitative estimate of drug-likeness (QED) is 0.730. The first-order valence-corrected chi connectivity index (χ1v) is 10.9. The van der Waals surface area contributed by atoms with Gasteiger partial charge in [-0.25, -0.2) is 13.2 Å². The molecule has 1 fully saturated rings. The van der Waals surface area contributed by atoms with Crippen LogP contribution >= 0.6 is 0 Å². The summed E-state index contributed by atoms with van der Waals surface area (Å²) in [5, 5.41) is 10.2. The second kappa shape index (κ2) is 7.33. The molecule has 0 spiro atoms. The van der Waals surface area contributed by atoms with Crippen LogP contribution in [0.2, 0.25) is 0 Å². The number of nitrogens with zero attached hydrogens (tertiary/aromatic N) is 2. The molecule has 1 saturated heterocycles. The molecule has 144 valence electrons. The Morgan fingerprint density at radius 2 is 1.86 bits per heavy atom. The van der Waals surface area contributed by atoms with E-state index in [2.05, 4.69) is 16.0 Å². The van der Waals surface area contributed by atoms with Gasteiger partial charge in [-0.15, -0.1) is 0 Å². The number of hydrogen-bond donors (Lipinski definition) is 1. The first-order valence-electron chi connectivity index (χ1n) is 9.06. The van der Waals surface area contributed by atoms with Gasteiger partial charge in [0.1, 0.15) is 0 Å². The lowest BCUT2D eigenvalue weighted by Gasteiger charge is -2.26. The van der Waals surface area contributed by atoms with Crippen molar-refractivity contribution in [1.82, 2.24) is 9.88 Å². The minimum atomic E-state index is -2.89. The maximum atomic E-state index is 11.6. The molecule has 1 N–H and O–H groups in total. The van der Waals surface area contributed by atoms with E-state index in [4.69, 9.17) is 0 Å². The van der Waals surface area contributed by atoms with Crippen molar-refractivity contribution in [3.8, 4) is 11.1 Å². The molecule has 0 bridgehead atoms. The van der Waals surface area contributed by atoms with Gasteiger partial charge in [-0.1, -0.05) is 30.3 Å². The maximum absolute atomic E-state index is 11.6. The Bertz CT molecular complexity index is 1140. The minimum Gasteiger partial charge on any atom is -0.478 e. The monoisotopic (exact) mass is 396 g/mol. The number of carbonyl (C=O) groups is 1. The number of sulfone groups is 1. The van der Waals surface area contributed by atoms with Crippen LogP contribution in [0.15, 0.2) is 54.7 Å². The summed E-state index contributed by atoms with van der Waals surface area (Å²) < 4.78 is 23.2. The highest BCUT2D eigenvalue weighted by atomic mass is 32.2. The van der Waals surface area contributed by atoms with Crippen LogP contribution in [-0.4, -0.2) is 54.0 Å². The van der Waals surface area contributed by atoms with Crippen molar-refractivity contribution in [1.29, 1.82) is 0 Å². The molecule has 4 rings (SSSR count). The standard InChI is InChI=1S/C21H20N2O4S/c24-21(25)19-7-6-17(18-5-2-8-22-20(18)19)16-4-1-3-15(13-16)14-23-9-11-28(26,27)12-10-23/h1-8,13H,9-12,14H2,(H,24,25). The Morgan fingerprint density at radius 1 is 1.07 bits per heavy atom. The van der Waals surface area contributed by atoms with Crippen LogP contribution in [0, 0.1) is 0 Å². The van der Waals surface area contributed by atoms with Crippen LogP contribution in [0.4, 0.5) is 0 Å². The largest absolute Gasteiger partial charge is 0.478 e. The van der Waals surface area contributed by atoms with Crippen LogP contribution in [0.5, 0.6) is 0 Å². The molecule has 2 heterocycles. The van der Waals surface area contributed by atoms with E-state index in [1.165, 1.54) is 0 Å². The molecule has 7 heteroatoms. The number of carboxylic acids is 1. The van der Waals surface area contributed by atoms with Gasteiger partial charge in [-0.05, 0) is 34.9 Å². The van der Waals surface area contributed by atoms with Crippen molar-refractivity contribution in [2.45, 2.75) is 6.54 Å². The Kier molecular flexibility index (Phi) is 4.87. The van der Waals surface area contributed by atoms with Gasteiger partial charge in [-0.3, -0.25) is 9.88 Å². The molecular formula is C21H20N2O4S. The zero-order valence-corrected chi connectivity index (χ0v) is 16.0. The summed E-state index contributed by atoms with van der Waals surface area (Å²) in [6.07, 6.45) is 1.60. The third-order valence-corrected chi connectivity index (χ3v) is 6.69. The van der Waals surface area contributed by atoms with Crippen LogP contribution < -0.4 is 0 Å². The van der Waals surface area contributed by atoms with Gasteiger partial charge < -0.3 is 5.11 Å². The third-order valence-electron chi connectivity index (χ3n) is 5.08.